The molecular formula is C20H17N3O3. The molecule has 1 amide bonds. The third-order valence-corrected chi connectivity index (χ3v) is 4.56. The molecule has 130 valence electrons. The minimum absolute atomic E-state index is 0.0980. The number of carbonyl (C=O) groups excluding carboxylic acids is 1. The summed E-state index contributed by atoms with van der Waals surface area (Å²) in [5.74, 6) is 0.0784. The lowest BCUT2D eigenvalue weighted by atomic mass is 9.95. The molecule has 0 radical (unpaired) electrons. The minimum atomic E-state index is -0.385. The van der Waals surface area contributed by atoms with Crippen LogP contribution in [0.5, 0.6) is 11.5 Å². The van der Waals surface area contributed by atoms with Crippen LogP contribution in [0.3, 0.4) is 0 Å². The van der Waals surface area contributed by atoms with Gasteiger partial charge in [-0.25, -0.2) is 0 Å². The highest BCUT2D eigenvalue weighted by atomic mass is 16.3. The molecule has 3 N–H and O–H groups in total. The number of carbonyl (C=O) groups is 1. The summed E-state index contributed by atoms with van der Waals surface area (Å²) < 4.78 is 0. The molecule has 0 spiro atoms. The van der Waals surface area contributed by atoms with Crippen molar-refractivity contribution in [2.75, 3.05) is 6.54 Å². The summed E-state index contributed by atoms with van der Waals surface area (Å²) >= 11 is 0. The Labute approximate surface area is 150 Å². The molecule has 4 rings (SSSR count). The van der Waals surface area contributed by atoms with Crippen molar-refractivity contribution in [1.29, 1.82) is 0 Å². The number of nitrogens with one attached hydrogen (secondary N) is 1. The zero-order valence-corrected chi connectivity index (χ0v) is 13.9. The van der Waals surface area contributed by atoms with Crippen molar-refractivity contribution < 1.29 is 15.0 Å². The molecule has 0 bridgehead atoms. The normalized spacial score (nSPS) is 15.9. The number of para-hydroxylation sites is 1. The largest absolute Gasteiger partial charge is 0.508 e. The van der Waals surface area contributed by atoms with E-state index in [4.69, 9.17) is 0 Å². The lowest BCUT2D eigenvalue weighted by molar-refractivity contribution is 0.0764. The van der Waals surface area contributed by atoms with Gasteiger partial charge in [-0.3, -0.25) is 9.89 Å². The molecule has 2 aromatic carbocycles. The molecule has 0 aliphatic carbocycles. The quantitative estimate of drug-likeness (QED) is 0.632. The highest BCUT2D eigenvalue weighted by Crippen LogP contribution is 2.44. The van der Waals surface area contributed by atoms with Crippen LogP contribution in [0.1, 0.15) is 27.7 Å². The predicted molar refractivity (Wildman–Crippen MR) is 96.9 cm³/mol. The average molecular weight is 347 g/mol. The van der Waals surface area contributed by atoms with E-state index in [0.29, 0.717) is 29.1 Å². The molecule has 1 unspecified atom stereocenters. The fourth-order valence-electron chi connectivity index (χ4n) is 3.41. The van der Waals surface area contributed by atoms with E-state index in [2.05, 4.69) is 16.8 Å². The van der Waals surface area contributed by atoms with Gasteiger partial charge in [0.15, 0.2) is 0 Å². The van der Waals surface area contributed by atoms with E-state index in [1.807, 2.05) is 6.07 Å². The summed E-state index contributed by atoms with van der Waals surface area (Å²) in [6.07, 6.45) is 1.67. The Balaban J connectivity index is 1.92. The molecule has 1 aromatic heterocycles. The standard InChI is InChI=1S/C20H17N3O3/c1-2-11-23-19(12-7-9-13(24)10-8-12)16-17(21-22-18(16)20(23)26)14-5-3-4-6-15(14)25/h2-10,19,24-25H,1,11H2,(H,21,22). The van der Waals surface area contributed by atoms with Crippen molar-refractivity contribution in [3.8, 4) is 22.8 Å². The van der Waals surface area contributed by atoms with Gasteiger partial charge in [-0.05, 0) is 29.8 Å². The van der Waals surface area contributed by atoms with Crippen molar-refractivity contribution in [3.05, 3.63) is 78.0 Å². The van der Waals surface area contributed by atoms with Crippen molar-refractivity contribution in [2.45, 2.75) is 6.04 Å². The Morgan fingerprint density at radius 2 is 1.88 bits per heavy atom. The van der Waals surface area contributed by atoms with Crippen LogP contribution in [-0.4, -0.2) is 37.8 Å². The second-order valence-electron chi connectivity index (χ2n) is 6.12. The van der Waals surface area contributed by atoms with Crippen molar-refractivity contribution in [1.82, 2.24) is 15.1 Å². The Morgan fingerprint density at radius 3 is 2.58 bits per heavy atom. The molecule has 6 heteroatoms. The zero-order valence-electron chi connectivity index (χ0n) is 13.9. The molecule has 1 aliphatic heterocycles. The summed E-state index contributed by atoms with van der Waals surface area (Å²) in [4.78, 5) is 14.5. The van der Waals surface area contributed by atoms with E-state index in [1.165, 1.54) is 0 Å². The van der Waals surface area contributed by atoms with Gasteiger partial charge < -0.3 is 15.1 Å². The number of hydrogen-bond acceptors (Lipinski definition) is 4. The summed E-state index contributed by atoms with van der Waals surface area (Å²) in [6.45, 7) is 4.11. The molecule has 2 heterocycles. The molecule has 0 saturated carbocycles. The first kappa shape index (κ1) is 16.0. The van der Waals surface area contributed by atoms with Gasteiger partial charge >= 0.3 is 0 Å². The van der Waals surface area contributed by atoms with E-state index in [-0.39, 0.29) is 23.4 Å². The highest BCUT2D eigenvalue weighted by Gasteiger charge is 2.41. The van der Waals surface area contributed by atoms with Gasteiger partial charge in [0.1, 0.15) is 22.9 Å². The van der Waals surface area contributed by atoms with Crippen LogP contribution in [0.25, 0.3) is 11.3 Å². The van der Waals surface area contributed by atoms with E-state index < -0.39 is 0 Å². The number of aromatic hydroxyl groups is 2. The number of rotatable bonds is 4. The van der Waals surface area contributed by atoms with Crippen LogP contribution in [0.15, 0.2) is 61.2 Å². The Kier molecular flexibility index (Phi) is 3.73. The number of amides is 1. The Bertz CT molecular complexity index is 992. The topological polar surface area (TPSA) is 89.5 Å². The van der Waals surface area contributed by atoms with Gasteiger partial charge in [-0.1, -0.05) is 30.3 Å². The van der Waals surface area contributed by atoms with Crippen LogP contribution in [-0.2, 0) is 0 Å². The van der Waals surface area contributed by atoms with Crippen LogP contribution >= 0.6 is 0 Å². The van der Waals surface area contributed by atoms with Gasteiger partial charge in [0.05, 0.1) is 6.04 Å². The first-order valence-electron chi connectivity index (χ1n) is 8.19. The lowest BCUT2D eigenvalue weighted by Gasteiger charge is -2.25. The van der Waals surface area contributed by atoms with Gasteiger partial charge in [0.25, 0.3) is 5.91 Å². The van der Waals surface area contributed by atoms with Gasteiger partial charge in [-0.15, -0.1) is 6.58 Å². The number of aromatic amines is 1. The Hall–Kier alpha value is -3.54. The maximum absolute atomic E-state index is 12.9. The summed E-state index contributed by atoms with van der Waals surface area (Å²) in [5.41, 5.74) is 3.06. The number of phenols is 2. The van der Waals surface area contributed by atoms with Gasteiger partial charge in [-0.2, -0.15) is 5.10 Å². The number of H-pyrrole nitrogens is 1. The number of nitrogens with zero attached hydrogens (tertiary/aromatic N) is 2. The summed E-state index contributed by atoms with van der Waals surface area (Å²) in [6, 6.07) is 13.2. The van der Waals surface area contributed by atoms with E-state index in [9.17, 15) is 15.0 Å². The summed E-state index contributed by atoms with van der Waals surface area (Å²) in [7, 11) is 0. The maximum Gasteiger partial charge on any atom is 0.273 e. The van der Waals surface area contributed by atoms with Gasteiger partial charge in [0.2, 0.25) is 0 Å². The molecular weight excluding hydrogens is 330 g/mol. The zero-order chi connectivity index (χ0) is 18.3. The maximum atomic E-state index is 12.9. The predicted octanol–water partition coefficient (Wildman–Crippen LogP) is 3.22. The van der Waals surface area contributed by atoms with Crippen LogP contribution in [0.2, 0.25) is 0 Å². The molecule has 3 aromatic rings. The number of hydrogen-bond donors (Lipinski definition) is 3. The Morgan fingerprint density at radius 1 is 1.15 bits per heavy atom. The molecule has 0 saturated heterocycles. The second kappa shape index (κ2) is 6.07. The highest BCUT2D eigenvalue weighted by molar-refractivity contribution is 6.00. The van der Waals surface area contributed by atoms with Gasteiger partial charge in [0, 0.05) is 17.7 Å². The third kappa shape index (κ3) is 2.35. The molecule has 1 aliphatic rings. The molecule has 1 atom stereocenters. The summed E-state index contributed by atoms with van der Waals surface area (Å²) in [5, 5.41) is 27.0. The number of benzene rings is 2. The number of fused-ring (bicyclic) bond motifs is 1. The van der Waals surface area contributed by atoms with Crippen molar-refractivity contribution in [2.24, 2.45) is 0 Å². The number of aromatic nitrogens is 2. The number of phenolic OH excluding ortho intramolecular Hbond substituents is 2. The first-order chi connectivity index (χ1) is 12.6. The van der Waals surface area contributed by atoms with Crippen molar-refractivity contribution in [3.63, 3.8) is 0 Å². The fourth-order valence-corrected chi connectivity index (χ4v) is 3.41. The van der Waals surface area contributed by atoms with E-state index >= 15 is 0 Å². The first-order valence-corrected chi connectivity index (χ1v) is 8.19. The van der Waals surface area contributed by atoms with Crippen molar-refractivity contribution >= 4 is 5.91 Å². The molecule has 26 heavy (non-hydrogen) atoms. The van der Waals surface area contributed by atoms with Crippen LogP contribution in [0.4, 0.5) is 0 Å². The minimum Gasteiger partial charge on any atom is -0.508 e. The fraction of sp³-hybridized carbons (Fsp3) is 0.100. The third-order valence-electron chi connectivity index (χ3n) is 4.56. The van der Waals surface area contributed by atoms with E-state index in [0.717, 1.165) is 5.56 Å². The second-order valence-corrected chi connectivity index (χ2v) is 6.12. The average Bonchev–Trinajstić information content (AvgIpc) is 3.17. The van der Waals surface area contributed by atoms with Crippen LogP contribution < -0.4 is 0 Å². The smallest absolute Gasteiger partial charge is 0.273 e. The lowest BCUT2D eigenvalue weighted by Crippen LogP contribution is -2.29. The molecule has 0 fully saturated rings. The monoisotopic (exact) mass is 347 g/mol. The van der Waals surface area contributed by atoms with E-state index in [1.54, 1.807) is 53.4 Å². The van der Waals surface area contributed by atoms with Crippen LogP contribution in [0, 0.1) is 0 Å². The SMILES string of the molecule is C=CCN1C(=O)c2[nH]nc(-c3ccccc3O)c2C1c1ccc(O)cc1. The molecule has 6 nitrogen and oxygen atoms in total.